The molecule has 2 rings (SSSR count). The fourth-order valence-corrected chi connectivity index (χ4v) is 3.65. The second kappa shape index (κ2) is 4.44. The highest BCUT2D eigenvalue weighted by Gasteiger charge is 2.45. The van der Waals surface area contributed by atoms with Crippen LogP contribution in [0.1, 0.15) is 12.8 Å². The molecule has 5 nitrogen and oxygen atoms in total. The fraction of sp³-hybridized carbons (Fsp3) is 0.400. The molecule has 4 N–H and O–H groups in total. The molecule has 0 heterocycles. The molecule has 1 fully saturated rings. The van der Waals surface area contributed by atoms with Gasteiger partial charge in [0.25, 0.3) is 0 Å². The predicted octanol–water partition coefficient (Wildman–Crippen LogP) is 0.974. The van der Waals surface area contributed by atoms with E-state index in [-0.39, 0.29) is 21.7 Å². The summed E-state index contributed by atoms with van der Waals surface area (Å²) in [5, 5.41) is 9.11. The summed E-state index contributed by atoms with van der Waals surface area (Å²) in [4.78, 5) is -0.199. The summed E-state index contributed by atoms with van der Waals surface area (Å²) < 4.78 is 39.8. The van der Waals surface area contributed by atoms with Crippen molar-refractivity contribution in [2.45, 2.75) is 23.3 Å². The third kappa shape index (κ3) is 2.51. The summed E-state index contributed by atoms with van der Waals surface area (Å²) in [7, 11) is -3.87. The molecule has 0 saturated heterocycles. The number of nitrogens with two attached hydrogens (primary N) is 1. The summed E-state index contributed by atoms with van der Waals surface area (Å²) in [5.74, 6) is -0.630. The molecular weight excluding hydrogens is 327 g/mol. The second-order valence-corrected chi connectivity index (χ2v) is 6.85. The van der Waals surface area contributed by atoms with Gasteiger partial charge in [-0.15, -0.1) is 0 Å². The molecule has 18 heavy (non-hydrogen) atoms. The first-order chi connectivity index (χ1) is 8.30. The largest absolute Gasteiger partial charge is 0.398 e. The number of benzene rings is 1. The molecule has 0 amide bonds. The number of aliphatic hydroxyl groups excluding tert-OH is 1. The zero-order chi connectivity index (χ0) is 13.6. The predicted molar refractivity (Wildman–Crippen MR) is 67.9 cm³/mol. The quantitative estimate of drug-likeness (QED) is 0.713. The number of sulfonamides is 1. The smallest absolute Gasteiger partial charge is 0.243 e. The van der Waals surface area contributed by atoms with Crippen molar-refractivity contribution in [3.05, 3.63) is 22.4 Å². The Morgan fingerprint density at radius 1 is 1.50 bits per heavy atom. The monoisotopic (exact) mass is 338 g/mol. The Morgan fingerprint density at radius 2 is 2.11 bits per heavy atom. The molecule has 1 saturated carbocycles. The summed E-state index contributed by atoms with van der Waals surface area (Å²) in [6.45, 7) is -0.269. The van der Waals surface area contributed by atoms with Crippen molar-refractivity contribution >= 4 is 31.6 Å². The van der Waals surface area contributed by atoms with Gasteiger partial charge in [-0.3, -0.25) is 0 Å². The normalized spacial score (nSPS) is 17.7. The maximum absolute atomic E-state index is 13.2. The zero-order valence-corrected chi connectivity index (χ0v) is 11.7. The van der Waals surface area contributed by atoms with Crippen LogP contribution in [0.25, 0.3) is 0 Å². The van der Waals surface area contributed by atoms with Crippen molar-refractivity contribution in [1.82, 2.24) is 4.72 Å². The maximum Gasteiger partial charge on any atom is 0.243 e. The van der Waals surface area contributed by atoms with Crippen LogP contribution in [0.4, 0.5) is 10.1 Å². The Labute approximate surface area is 112 Å². The highest BCUT2D eigenvalue weighted by molar-refractivity contribution is 9.10. The minimum Gasteiger partial charge on any atom is -0.398 e. The number of nitrogen functional groups attached to an aromatic ring is 1. The lowest BCUT2D eigenvalue weighted by Crippen LogP contribution is -2.39. The van der Waals surface area contributed by atoms with Crippen molar-refractivity contribution in [3.63, 3.8) is 0 Å². The lowest BCUT2D eigenvalue weighted by molar-refractivity contribution is 0.246. The minimum atomic E-state index is -3.87. The lowest BCUT2D eigenvalue weighted by Gasteiger charge is -2.16. The van der Waals surface area contributed by atoms with Crippen molar-refractivity contribution < 1.29 is 17.9 Å². The molecule has 0 atom stereocenters. The van der Waals surface area contributed by atoms with E-state index < -0.39 is 21.4 Å². The molecule has 8 heteroatoms. The number of anilines is 1. The van der Waals surface area contributed by atoms with Gasteiger partial charge in [0.05, 0.1) is 22.3 Å². The Kier molecular flexibility index (Phi) is 3.39. The summed E-state index contributed by atoms with van der Waals surface area (Å²) in [6.07, 6.45) is 1.15. The fourth-order valence-electron chi connectivity index (χ4n) is 1.56. The van der Waals surface area contributed by atoms with E-state index in [1.54, 1.807) is 0 Å². The Hall–Kier alpha value is -0.700. The lowest BCUT2D eigenvalue weighted by atomic mass is 10.3. The average molecular weight is 339 g/mol. The standard InChI is InChI=1S/C10H12BrFN2O3S/c11-6-3-9(8(13)4-7(6)12)18(16,17)14-10(5-15)1-2-10/h3-4,14-15H,1-2,5,13H2. The topological polar surface area (TPSA) is 92.4 Å². The SMILES string of the molecule is Nc1cc(F)c(Br)cc1S(=O)(=O)NC1(CO)CC1. The van der Waals surface area contributed by atoms with Gasteiger partial charge in [-0.2, -0.15) is 0 Å². The maximum atomic E-state index is 13.2. The van der Waals surface area contributed by atoms with Crippen LogP contribution in [-0.2, 0) is 10.0 Å². The van der Waals surface area contributed by atoms with Gasteiger partial charge in [0.2, 0.25) is 10.0 Å². The third-order valence-electron chi connectivity index (χ3n) is 2.85. The molecule has 0 aromatic heterocycles. The first-order valence-electron chi connectivity index (χ1n) is 5.19. The van der Waals surface area contributed by atoms with Crippen LogP contribution >= 0.6 is 15.9 Å². The van der Waals surface area contributed by atoms with E-state index in [4.69, 9.17) is 10.8 Å². The van der Waals surface area contributed by atoms with Crippen LogP contribution in [-0.4, -0.2) is 25.7 Å². The molecule has 100 valence electrons. The molecular formula is C10H12BrFN2O3S. The Bertz CT molecular complexity index is 587. The number of hydrogen-bond acceptors (Lipinski definition) is 4. The summed E-state index contributed by atoms with van der Waals surface area (Å²) >= 11 is 2.91. The first-order valence-corrected chi connectivity index (χ1v) is 7.47. The zero-order valence-electron chi connectivity index (χ0n) is 9.28. The molecule has 0 radical (unpaired) electrons. The summed E-state index contributed by atoms with van der Waals surface area (Å²) in [6, 6.07) is 2.05. The van der Waals surface area contributed by atoms with Crippen LogP contribution < -0.4 is 10.5 Å². The van der Waals surface area contributed by atoms with Crippen LogP contribution in [0.2, 0.25) is 0 Å². The minimum absolute atomic E-state index is 0.0194. The average Bonchev–Trinajstić information content (AvgIpc) is 3.03. The number of rotatable bonds is 4. The second-order valence-electron chi connectivity index (χ2n) is 4.35. The van der Waals surface area contributed by atoms with Crippen LogP contribution in [0.5, 0.6) is 0 Å². The molecule has 1 aliphatic rings. The Balaban J connectivity index is 2.39. The molecule has 0 aliphatic heterocycles. The highest BCUT2D eigenvalue weighted by atomic mass is 79.9. The van der Waals surface area contributed by atoms with Crippen molar-refractivity contribution in [2.75, 3.05) is 12.3 Å². The number of nitrogens with one attached hydrogen (secondary N) is 1. The van der Waals surface area contributed by atoms with E-state index in [1.165, 1.54) is 0 Å². The van der Waals surface area contributed by atoms with Crippen LogP contribution in [0.3, 0.4) is 0 Å². The molecule has 1 aliphatic carbocycles. The third-order valence-corrected chi connectivity index (χ3v) is 5.09. The highest BCUT2D eigenvalue weighted by Crippen LogP contribution is 2.37. The van der Waals surface area contributed by atoms with Gasteiger partial charge in [0.1, 0.15) is 10.7 Å². The van der Waals surface area contributed by atoms with Gasteiger partial charge in [-0.1, -0.05) is 0 Å². The van der Waals surface area contributed by atoms with Gasteiger partial charge < -0.3 is 10.8 Å². The first kappa shape index (κ1) is 13.7. The van der Waals surface area contributed by atoms with E-state index in [9.17, 15) is 12.8 Å². The van der Waals surface area contributed by atoms with E-state index in [0.29, 0.717) is 12.8 Å². The molecule has 0 spiro atoms. The molecule has 1 aromatic rings. The van der Waals surface area contributed by atoms with Crippen molar-refractivity contribution in [3.8, 4) is 0 Å². The molecule has 1 aromatic carbocycles. The van der Waals surface area contributed by atoms with Gasteiger partial charge in [0, 0.05) is 0 Å². The molecule has 0 unspecified atom stereocenters. The van der Waals surface area contributed by atoms with Gasteiger partial charge in [-0.25, -0.2) is 17.5 Å². The van der Waals surface area contributed by atoms with Crippen LogP contribution in [0.15, 0.2) is 21.5 Å². The van der Waals surface area contributed by atoms with Crippen LogP contribution in [0, 0.1) is 5.82 Å². The van der Waals surface area contributed by atoms with Crippen molar-refractivity contribution in [2.24, 2.45) is 0 Å². The van der Waals surface area contributed by atoms with E-state index in [1.807, 2.05) is 0 Å². The summed E-state index contributed by atoms with van der Waals surface area (Å²) in [5.41, 5.74) is 4.56. The number of aliphatic hydroxyl groups is 1. The Morgan fingerprint density at radius 3 is 2.61 bits per heavy atom. The van der Waals surface area contributed by atoms with E-state index >= 15 is 0 Å². The van der Waals surface area contributed by atoms with Crippen molar-refractivity contribution in [1.29, 1.82) is 0 Å². The molecule has 0 bridgehead atoms. The number of hydrogen-bond donors (Lipinski definition) is 3. The van der Waals surface area contributed by atoms with E-state index in [0.717, 1.165) is 12.1 Å². The van der Waals surface area contributed by atoms with Gasteiger partial charge in [0.15, 0.2) is 0 Å². The van der Waals surface area contributed by atoms with Gasteiger partial charge in [-0.05, 0) is 40.9 Å². The number of halogens is 2. The van der Waals surface area contributed by atoms with E-state index in [2.05, 4.69) is 20.7 Å². The van der Waals surface area contributed by atoms with Gasteiger partial charge >= 0.3 is 0 Å².